The smallest absolute Gasteiger partial charge is 0.274 e. The Labute approximate surface area is 142 Å². The monoisotopic (exact) mass is 332 g/mol. The molecule has 8 heteroatoms. The first-order chi connectivity index (χ1) is 11.7. The summed E-state index contributed by atoms with van der Waals surface area (Å²) in [6, 6.07) is 0. The highest BCUT2D eigenvalue weighted by atomic mass is 16.2. The van der Waals surface area contributed by atoms with E-state index >= 15 is 0 Å². The van der Waals surface area contributed by atoms with E-state index in [0.29, 0.717) is 18.8 Å². The number of nitrogens with zero attached hydrogens (tertiary/aromatic N) is 6. The standard InChI is InChI=1S/C16H24N6O2/c1-2-19-3-9-22(10-4-19)16(24)14-11-18-15(12-17-14)21-7-5-20(13-23)6-8-21/h11-13H,2-10H2,1H3. The van der Waals surface area contributed by atoms with Gasteiger partial charge in [-0.25, -0.2) is 9.97 Å². The second kappa shape index (κ2) is 7.57. The zero-order valence-corrected chi connectivity index (χ0v) is 14.1. The zero-order chi connectivity index (χ0) is 16.9. The van der Waals surface area contributed by atoms with Crippen molar-refractivity contribution >= 4 is 18.1 Å². The first-order valence-electron chi connectivity index (χ1n) is 8.49. The topological polar surface area (TPSA) is 72.9 Å². The number of piperazine rings is 2. The van der Waals surface area contributed by atoms with Gasteiger partial charge in [0.15, 0.2) is 0 Å². The molecule has 0 bridgehead atoms. The largest absolute Gasteiger partial charge is 0.352 e. The number of carbonyl (C=O) groups is 2. The number of likely N-dealkylation sites (N-methyl/N-ethyl adjacent to an activating group) is 1. The van der Waals surface area contributed by atoms with Crippen LogP contribution in [-0.2, 0) is 4.79 Å². The summed E-state index contributed by atoms with van der Waals surface area (Å²) in [6.07, 6.45) is 4.10. The van der Waals surface area contributed by atoms with Gasteiger partial charge in [0, 0.05) is 52.4 Å². The highest BCUT2D eigenvalue weighted by Gasteiger charge is 2.23. The molecule has 2 aliphatic rings. The van der Waals surface area contributed by atoms with E-state index in [1.165, 1.54) is 0 Å². The maximum atomic E-state index is 12.5. The highest BCUT2D eigenvalue weighted by Crippen LogP contribution is 2.13. The van der Waals surface area contributed by atoms with Crippen LogP contribution in [0.5, 0.6) is 0 Å². The van der Waals surface area contributed by atoms with Crippen LogP contribution in [0.2, 0.25) is 0 Å². The van der Waals surface area contributed by atoms with Gasteiger partial charge in [0.1, 0.15) is 11.5 Å². The van der Waals surface area contributed by atoms with Gasteiger partial charge in [-0.15, -0.1) is 0 Å². The SMILES string of the molecule is CCN1CCN(C(=O)c2cnc(N3CCN(C=O)CC3)cn2)CC1. The molecule has 0 N–H and O–H groups in total. The summed E-state index contributed by atoms with van der Waals surface area (Å²) >= 11 is 0. The third-order valence-electron chi connectivity index (χ3n) is 4.75. The van der Waals surface area contributed by atoms with E-state index in [0.717, 1.165) is 58.0 Å². The number of carbonyl (C=O) groups excluding carboxylic acids is 2. The molecule has 0 aromatic carbocycles. The molecular weight excluding hydrogens is 308 g/mol. The fourth-order valence-corrected chi connectivity index (χ4v) is 3.08. The lowest BCUT2D eigenvalue weighted by Crippen LogP contribution is -2.48. The molecule has 2 amide bonds. The first kappa shape index (κ1) is 16.6. The van der Waals surface area contributed by atoms with Crippen LogP contribution in [0.1, 0.15) is 17.4 Å². The average molecular weight is 332 g/mol. The van der Waals surface area contributed by atoms with E-state index in [9.17, 15) is 9.59 Å². The number of anilines is 1. The Balaban J connectivity index is 1.58. The molecule has 24 heavy (non-hydrogen) atoms. The lowest BCUT2D eigenvalue weighted by molar-refractivity contribution is -0.118. The van der Waals surface area contributed by atoms with Crippen LogP contribution in [0.15, 0.2) is 12.4 Å². The normalized spacial score (nSPS) is 19.5. The van der Waals surface area contributed by atoms with Crippen LogP contribution >= 0.6 is 0 Å². The molecule has 1 aromatic rings. The minimum absolute atomic E-state index is 0.0458. The summed E-state index contributed by atoms with van der Waals surface area (Å²) in [6.45, 7) is 9.31. The van der Waals surface area contributed by atoms with Gasteiger partial charge >= 0.3 is 0 Å². The maximum absolute atomic E-state index is 12.5. The molecule has 0 atom stereocenters. The van der Waals surface area contributed by atoms with Crippen molar-refractivity contribution in [2.45, 2.75) is 6.92 Å². The van der Waals surface area contributed by atoms with E-state index in [-0.39, 0.29) is 5.91 Å². The second-order valence-electron chi connectivity index (χ2n) is 6.11. The van der Waals surface area contributed by atoms with Crippen LogP contribution in [0.4, 0.5) is 5.82 Å². The van der Waals surface area contributed by atoms with Gasteiger partial charge in [-0.05, 0) is 6.54 Å². The molecular formula is C16H24N6O2. The molecule has 1 aromatic heterocycles. The van der Waals surface area contributed by atoms with Crippen LogP contribution in [0, 0.1) is 0 Å². The molecule has 130 valence electrons. The molecule has 2 fully saturated rings. The number of rotatable bonds is 4. The average Bonchev–Trinajstić information content (AvgIpc) is 2.68. The van der Waals surface area contributed by atoms with Crippen molar-refractivity contribution in [3.05, 3.63) is 18.1 Å². The Kier molecular flexibility index (Phi) is 5.24. The molecule has 0 spiro atoms. The Hall–Kier alpha value is -2.22. The lowest BCUT2D eigenvalue weighted by atomic mass is 10.3. The van der Waals surface area contributed by atoms with E-state index in [2.05, 4.69) is 26.7 Å². The second-order valence-corrected chi connectivity index (χ2v) is 6.11. The van der Waals surface area contributed by atoms with Crippen molar-refractivity contribution in [2.75, 3.05) is 63.8 Å². The van der Waals surface area contributed by atoms with E-state index in [1.807, 2.05) is 4.90 Å². The fraction of sp³-hybridized carbons (Fsp3) is 0.625. The molecule has 2 aliphatic heterocycles. The van der Waals surface area contributed by atoms with Crippen LogP contribution in [0.25, 0.3) is 0 Å². The quantitative estimate of drug-likeness (QED) is 0.694. The van der Waals surface area contributed by atoms with Gasteiger partial charge in [-0.1, -0.05) is 6.92 Å². The predicted octanol–water partition coefficient (Wildman–Crippen LogP) is -0.467. The van der Waals surface area contributed by atoms with Crippen LogP contribution in [-0.4, -0.2) is 95.9 Å². The molecule has 0 radical (unpaired) electrons. The van der Waals surface area contributed by atoms with Gasteiger partial charge < -0.3 is 19.6 Å². The van der Waals surface area contributed by atoms with Crippen LogP contribution < -0.4 is 4.90 Å². The molecule has 3 heterocycles. The van der Waals surface area contributed by atoms with Crippen molar-refractivity contribution < 1.29 is 9.59 Å². The van der Waals surface area contributed by atoms with E-state index in [4.69, 9.17) is 0 Å². The van der Waals surface area contributed by atoms with Crippen molar-refractivity contribution in [2.24, 2.45) is 0 Å². The Morgan fingerprint density at radius 2 is 1.75 bits per heavy atom. The first-order valence-corrected chi connectivity index (χ1v) is 8.49. The predicted molar refractivity (Wildman–Crippen MR) is 89.9 cm³/mol. The van der Waals surface area contributed by atoms with Gasteiger partial charge in [0.05, 0.1) is 12.4 Å². The summed E-state index contributed by atoms with van der Waals surface area (Å²) in [5.41, 5.74) is 0.398. The summed E-state index contributed by atoms with van der Waals surface area (Å²) in [5, 5.41) is 0. The van der Waals surface area contributed by atoms with E-state index in [1.54, 1.807) is 17.3 Å². The minimum atomic E-state index is -0.0458. The number of aromatic nitrogens is 2. The molecule has 0 aliphatic carbocycles. The third-order valence-corrected chi connectivity index (χ3v) is 4.75. The summed E-state index contributed by atoms with van der Waals surface area (Å²) in [7, 11) is 0. The maximum Gasteiger partial charge on any atom is 0.274 e. The van der Waals surface area contributed by atoms with Crippen molar-refractivity contribution in [1.82, 2.24) is 24.7 Å². The zero-order valence-electron chi connectivity index (χ0n) is 14.1. The van der Waals surface area contributed by atoms with E-state index < -0.39 is 0 Å². The fourth-order valence-electron chi connectivity index (χ4n) is 3.08. The van der Waals surface area contributed by atoms with Gasteiger partial charge in [-0.2, -0.15) is 0 Å². The Bertz CT molecular complexity index is 562. The van der Waals surface area contributed by atoms with Crippen molar-refractivity contribution in [3.8, 4) is 0 Å². The number of amides is 2. The van der Waals surface area contributed by atoms with Gasteiger partial charge in [0.2, 0.25) is 6.41 Å². The summed E-state index contributed by atoms with van der Waals surface area (Å²) in [5.74, 6) is 0.712. The van der Waals surface area contributed by atoms with Crippen molar-refractivity contribution in [1.29, 1.82) is 0 Å². The summed E-state index contributed by atoms with van der Waals surface area (Å²) < 4.78 is 0. The molecule has 0 saturated carbocycles. The van der Waals surface area contributed by atoms with Gasteiger partial charge in [-0.3, -0.25) is 9.59 Å². The molecule has 2 saturated heterocycles. The lowest BCUT2D eigenvalue weighted by Gasteiger charge is -2.34. The minimum Gasteiger partial charge on any atom is -0.352 e. The van der Waals surface area contributed by atoms with Gasteiger partial charge in [0.25, 0.3) is 5.91 Å². The number of hydrogen-bond donors (Lipinski definition) is 0. The third kappa shape index (κ3) is 3.64. The van der Waals surface area contributed by atoms with Crippen molar-refractivity contribution in [3.63, 3.8) is 0 Å². The molecule has 3 rings (SSSR count). The molecule has 0 unspecified atom stereocenters. The highest BCUT2D eigenvalue weighted by molar-refractivity contribution is 5.92. The van der Waals surface area contributed by atoms with Crippen LogP contribution in [0.3, 0.4) is 0 Å². The number of hydrogen-bond acceptors (Lipinski definition) is 6. The Morgan fingerprint density at radius 3 is 2.29 bits per heavy atom. The molecule has 8 nitrogen and oxygen atoms in total. The Morgan fingerprint density at radius 1 is 1.04 bits per heavy atom. The summed E-state index contributed by atoms with van der Waals surface area (Å²) in [4.78, 5) is 40.0.